The molecule has 2 nitrogen and oxygen atoms in total. The quantitative estimate of drug-likeness (QED) is 0.867. The van der Waals surface area contributed by atoms with Gasteiger partial charge in [-0.15, -0.1) is 0 Å². The highest BCUT2D eigenvalue weighted by molar-refractivity contribution is 7.84. The van der Waals surface area contributed by atoms with E-state index in [4.69, 9.17) is 0 Å². The van der Waals surface area contributed by atoms with Crippen molar-refractivity contribution < 1.29 is 4.21 Å². The van der Waals surface area contributed by atoms with Gasteiger partial charge in [-0.1, -0.05) is 23.8 Å². The van der Waals surface area contributed by atoms with E-state index in [1.54, 1.807) is 6.26 Å². The summed E-state index contributed by atoms with van der Waals surface area (Å²) in [6.45, 7) is 2.99. The molecule has 16 heavy (non-hydrogen) atoms. The van der Waals surface area contributed by atoms with E-state index in [0.717, 1.165) is 12.3 Å². The van der Waals surface area contributed by atoms with Crippen molar-refractivity contribution in [2.45, 2.75) is 25.8 Å². The van der Waals surface area contributed by atoms with E-state index in [2.05, 4.69) is 30.4 Å². The van der Waals surface area contributed by atoms with Gasteiger partial charge in [0.25, 0.3) is 0 Å². The third kappa shape index (κ3) is 2.71. The number of hydrogen-bond acceptors (Lipinski definition) is 2. The van der Waals surface area contributed by atoms with Crippen molar-refractivity contribution in [3.05, 3.63) is 34.9 Å². The normalized spacial score (nSPS) is 20.8. The van der Waals surface area contributed by atoms with Crippen LogP contribution >= 0.6 is 0 Å². The predicted molar refractivity (Wildman–Crippen MR) is 69.2 cm³/mol. The highest BCUT2D eigenvalue weighted by Gasteiger charge is 2.21. The summed E-state index contributed by atoms with van der Waals surface area (Å²) in [5.74, 6) is 0.748. The minimum Gasteiger partial charge on any atom is -0.309 e. The van der Waals surface area contributed by atoms with E-state index in [1.165, 1.54) is 29.5 Å². The zero-order valence-corrected chi connectivity index (χ0v) is 10.8. The fourth-order valence-corrected chi connectivity index (χ4v) is 2.74. The van der Waals surface area contributed by atoms with Gasteiger partial charge in [-0.05, 0) is 30.9 Å². The van der Waals surface area contributed by atoms with E-state index in [-0.39, 0.29) is 0 Å². The Labute approximate surface area is 99.9 Å². The third-order valence-corrected chi connectivity index (χ3v) is 3.94. The Bertz CT molecular complexity index is 403. The van der Waals surface area contributed by atoms with Crippen LogP contribution in [0.5, 0.6) is 0 Å². The molecule has 2 rings (SSSR count). The summed E-state index contributed by atoms with van der Waals surface area (Å²) in [5.41, 5.74) is 4.26. The van der Waals surface area contributed by atoms with Crippen LogP contribution in [0, 0.1) is 6.92 Å². The monoisotopic (exact) mass is 237 g/mol. The minimum atomic E-state index is -0.690. The van der Waals surface area contributed by atoms with E-state index in [0.29, 0.717) is 6.04 Å². The van der Waals surface area contributed by atoms with Gasteiger partial charge in [0.05, 0.1) is 0 Å². The van der Waals surface area contributed by atoms with Crippen LogP contribution in [0.2, 0.25) is 0 Å². The fourth-order valence-electron chi connectivity index (χ4n) is 2.34. The van der Waals surface area contributed by atoms with Crippen LogP contribution in [0.4, 0.5) is 0 Å². The van der Waals surface area contributed by atoms with Crippen LogP contribution in [-0.2, 0) is 17.2 Å². The molecule has 0 radical (unpaired) electrons. The second-order valence-corrected chi connectivity index (χ2v) is 6.08. The van der Waals surface area contributed by atoms with E-state index in [9.17, 15) is 4.21 Å². The summed E-state index contributed by atoms with van der Waals surface area (Å²) in [4.78, 5) is 0. The molecule has 1 aliphatic carbocycles. The van der Waals surface area contributed by atoms with Crippen molar-refractivity contribution in [2.24, 2.45) is 0 Å². The molecule has 1 aromatic carbocycles. The van der Waals surface area contributed by atoms with Gasteiger partial charge < -0.3 is 5.32 Å². The zero-order valence-electron chi connectivity index (χ0n) is 9.95. The van der Waals surface area contributed by atoms with Crippen molar-refractivity contribution in [1.82, 2.24) is 5.32 Å². The average Bonchev–Trinajstić information content (AvgIpc) is 2.60. The average molecular weight is 237 g/mol. The maximum Gasteiger partial charge on any atom is 0.0357 e. The van der Waals surface area contributed by atoms with Gasteiger partial charge in [0.1, 0.15) is 0 Å². The first-order valence-corrected chi connectivity index (χ1v) is 7.52. The van der Waals surface area contributed by atoms with Crippen molar-refractivity contribution in [1.29, 1.82) is 0 Å². The largest absolute Gasteiger partial charge is 0.309 e. The lowest BCUT2D eigenvalue weighted by Gasteiger charge is -2.13. The molecule has 0 fully saturated rings. The molecule has 0 saturated heterocycles. The highest BCUT2D eigenvalue weighted by Crippen LogP contribution is 2.31. The zero-order chi connectivity index (χ0) is 11.5. The number of hydrogen-bond donors (Lipinski definition) is 1. The van der Waals surface area contributed by atoms with E-state index < -0.39 is 10.8 Å². The van der Waals surface area contributed by atoms with Crippen LogP contribution in [0.25, 0.3) is 0 Å². The number of nitrogens with one attached hydrogen (secondary N) is 1. The topological polar surface area (TPSA) is 29.1 Å². The molecule has 2 atom stereocenters. The molecule has 1 aliphatic rings. The predicted octanol–water partition coefficient (Wildman–Crippen LogP) is 1.95. The Balaban J connectivity index is 1.98. The Hall–Kier alpha value is -0.670. The van der Waals surface area contributed by atoms with Crippen LogP contribution in [-0.4, -0.2) is 22.8 Å². The molecule has 1 aromatic rings. The van der Waals surface area contributed by atoms with Crippen molar-refractivity contribution in [3.63, 3.8) is 0 Å². The van der Waals surface area contributed by atoms with Gasteiger partial charge in [-0.2, -0.15) is 0 Å². The number of aryl methyl sites for hydroxylation is 2. The molecule has 2 unspecified atom stereocenters. The third-order valence-electron chi connectivity index (χ3n) is 3.16. The van der Waals surface area contributed by atoms with Crippen LogP contribution in [0.3, 0.4) is 0 Å². The molecule has 88 valence electrons. The molecule has 0 bridgehead atoms. The number of benzene rings is 1. The summed E-state index contributed by atoms with van der Waals surface area (Å²) in [7, 11) is -0.690. The van der Waals surface area contributed by atoms with Gasteiger partial charge in [-0.3, -0.25) is 4.21 Å². The molecule has 0 heterocycles. The summed E-state index contributed by atoms with van der Waals surface area (Å²) in [6.07, 6.45) is 4.10. The Morgan fingerprint density at radius 1 is 1.50 bits per heavy atom. The van der Waals surface area contributed by atoms with Crippen molar-refractivity contribution >= 4 is 10.8 Å². The second kappa shape index (κ2) is 5.11. The first-order chi connectivity index (χ1) is 7.66. The summed E-state index contributed by atoms with van der Waals surface area (Å²) >= 11 is 0. The summed E-state index contributed by atoms with van der Waals surface area (Å²) in [6, 6.07) is 7.17. The molecule has 0 aromatic heterocycles. The van der Waals surface area contributed by atoms with Gasteiger partial charge >= 0.3 is 0 Å². The molecular formula is C13H19NOS. The smallest absolute Gasteiger partial charge is 0.0357 e. The molecule has 3 heteroatoms. The standard InChI is InChI=1S/C13H19NOS/c1-10-3-5-12-11(9-10)4-6-13(12)14-7-8-16(2)15/h3,5,9,13-14H,4,6-8H2,1-2H3. The van der Waals surface area contributed by atoms with Crippen molar-refractivity contribution in [3.8, 4) is 0 Å². The maximum absolute atomic E-state index is 11.0. The number of fused-ring (bicyclic) bond motifs is 1. The van der Waals surface area contributed by atoms with Gasteiger partial charge in [-0.25, -0.2) is 0 Å². The lowest BCUT2D eigenvalue weighted by atomic mass is 10.1. The Morgan fingerprint density at radius 2 is 2.31 bits per heavy atom. The first-order valence-electron chi connectivity index (χ1n) is 5.79. The van der Waals surface area contributed by atoms with E-state index >= 15 is 0 Å². The van der Waals surface area contributed by atoms with Gasteiger partial charge in [0.2, 0.25) is 0 Å². The van der Waals surface area contributed by atoms with Crippen LogP contribution < -0.4 is 5.32 Å². The molecule has 0 amide bonds. The lowest BCUT2D eigenvalue weighted by Crippen LogP contribution is -2.24. The molecule has 0 spiro atoms. The van der Waals surface area contributed by atoms with Crippen LogP contribution in [0.1, 0.15) is 29.2 Å². The molecular weight excluding hydrogens is 218 g/mol. The highest BCUT2D eigenvalue weighted by atomic mass is 32.2. The Kier molecular flexibility index (Phi) is 3.77. The molecule has 1 N–H and O–H groups in total. The summed E-state index contributed by atoms with van der Waals surface area (Å²) < 4.78 is 11.0. The first kappa shape index (κ1) is 11.8. The second-order valence-electron chi connectivity index (χ2n) is 4.52. The van der Waals surface area contributed by atoms with Crippen molar-refractivity contribution in [2.75, 3.05) is 18.6 Å². The van der Waals surface area contributed by atoms with E-state index in [1.807, 2.05) is 0 Å². The number of rotatable bonds is 4. The minimum absolute atomic E-state index is 0.471. The SMILES string of the molecule is Cc1ccc2c(c1)CCC2NCCS(C)=O. The maximum atomic E-state index is 11.0. The lowest BCUT2D eigenvalue weighted by molar-refractivity contribution is 0.549. The van der Waals surface area contributed by atoms with Gasteiger partial charge in [0.15, 0.2) is 0 Å². The molecule has 0 aliphatic heterocycles. The van der Waals surface area contributed by atoms with Crippen LogP contribution in [0.15, 0.2) is 18.2 Å². The fraction of sp³-hybridized carbons (Fsp3) is 0.538. The summed E-state index contributed by atoms with van der Waals surface area (Å²) in [5, 5.41) is 3.50. The molecule has 0 saturated carbocycles. The van der Waals surface area contributed by atoms with Gasteiger partial charge in [0, 0.05) is 35.4 Å². The Morgan fingerprint density at radius 3 is 3.06 bits per heavy atom.